The molecule has 1 saturated heterocycles. The Balaban J connectivity index is 1.68. The Morgan fingerprint density at radius 2 is 2.03 bits per heavy atom. The first kappa shape index (κ1) is 24.4. The number of methoxy groups -OCH3 is 2. The van der Waals surface area contributed by atoms with E-state index in [0.29, 0.717) is 11.5 Å². The number of thioether (sulfide) groups is 1. The topological polar surface area (TPSA) is 140 Å². The number of aromatic amines is 1. The molecule has 10 nitrogen and oxygen atoms in total. The van der Waals surface area contributed by atoms with Gasteiger partial charge in [0.25, 0.3) is 11.5 Å². The largest absolute Gasteiger partial charge is 0.493 e. The average molecular weight is 476 g/mol. The van der Waals surface area contributed by atoms with E-state index < -0.39 is 11.5 Å². The third-order valence-electron chi connectivity index (χ3n) is 5.56. The van der Waals surface area contributed by atoms with Gasteiger partial charge in [-0.25, -0.2) is 4.98 Å². The molecular weight excluding hydrogens is 446 g/mol. The van der Waals surface area contributed by atoms with E-state index in [2.05, 4.69) is 22.2 Å². The van der Waals surface area contributed by atoms with Crippen LogP contribution in [0.5, 0.6) is 11.5 Å². The van der Waals surface area contributed by atoms with Crippen LogP contribution in [0.15, 0.2) is 28.2 Å². The van der Waals surface area contributed by atoms with E-state index in [1.54, 1.807) is 6.07 Å². The van der Waals surface area contributed by atoms with Crippen molar-refractivity contribution < 1.29 is 19.1 Å². The minimum absolute atomic E-state index is 0.0126. The number of anilines is 2. The second-order valence-corrected chi connectivity index (χ2v) is 8.55. The predicted molar refractivity (Wildman–Crippen MR) is 127 cm³/mol. The van der Waals surface area contributed by atoms with Gasteiger partial charge in [-0.3, -0.25) is 19.4 Å². The summed E-state index contributed by atoms with van der Waals surface area (Å²) < 4.78 is 10.4. The number of H-pyrrole nitrogens is 1. The third-order valence-corrected chi connectivity index (χ3v) is 6.42. The maximum absolute atomic E-state index is 12.7. The van der Waals surface area contributed by atoms with Gasteiger partial charge in [0.15, 0.2) is 22.5 Å². The number of carbonyl (C=O) groups excluding carboxylic acids is 2. The molecule has 33 heavy (non-hydrogen) atoms. The summed E-state index contributed by atoms with van der Waals surface area (Å²) in [5.74, 6) is 0.321. The molecule has 178 valence electrons. The van der Waals surface area contributed by atoms with Crippen molar-refractivity contribution in [2.45, 2.75) is 43.8 Å². The van der Waals surface area contributed by atoms with E-state index >= 15 is 0 Å². The minimum atomic E-state index is -0.601. The highest BCUT2D eigenvalue weighted by Crippen LogP contribution is 2.28. The molecule has 1 aliphatic rings. The number of nitrogen functional groups attached to an aromatic ring is 1. The van der Waals surface area contributed by atoms with Crippen LogP contribution < -0.4 is 26.1 Å². The summed E-state index contributed by atoms with van der Waals surface area (Å²) in [7, 11) is 2.95. The van der Waals surface area contributed by atoms with Gasteiger partial charge in [-0.1, -0.05) is 18.7 Å². The normalized spacial score (nSPS) is 15.7. The fourth-order valence-corrected chi connectivity index (χ4v) is 4.54. The second-order valence-electron chi connectivity index (χ2n) is 7.59. The Morgan fingerprint density at radius 1 is 1.27 bits per heavy atom. The van der Waals surface area contributed by atoms with Crippen molar-refractivity contribution in [3.63, 3.8) is 0 Å². The minimum Gasteiger partial charge on any atom is -0.493 e. The van der Waals surface area contributed by atoms with Gasteiger partial charge in [0.2, 0.25) is 5.91 Å². The van der Waals surface area contributed by atoms with Gasteiger partial charge < -0.3 is 25.4 Å². The second kappa shape index (κ2) is 11.1. The van der Waals surface area contributed by atoms with Crippen molar-refractivity contribution in [1.29, 1.82) is 0 Å². The predicted octanol–water partition coefficient (Wildman–Crippen LogP) is 2.50. The molecule has 0 bridgehead atoms. The van der Waals surface area contributed by atoms with Crippen LogP contribution in [0.2, 0.25) is 0 Å². The van der Waals surface area contributed by atoms with Crippen LogP contribution in [0.3, 0.4) is 0 Å². The third kappa shape index (κ3) is 5.78. The molecule has 4 N–H and O–H groups in total. The summed E-state index contributed by atoms with van der Waals surface area (Å²) in [6, 6.07) is 4.88. The van der Waals surface area contributed by atoms with Crippen LogP contribution in [0.25, 0.3) is 0 Å². The first-order chi connectivity index (χ1) is 15.9. The van der Waals surface area contributed by atoms with Crippen LogP contribution in [-0.4, -0.2) is 59.2 Å². The molecule has 1 fully saturated rings. The highest BCUT2D eigenvalue weighted by Gasteiger charge is 2.25. The lowest BCUT2D eigenvalue weighted by molar-refractivity contribution is -0.132. The number of ether oxygens (including phenoxy) is 2. The average Bonchev–Trinajstić information content (AvgIpc) is 2.83. The van der Waals surface area contributed by atoms with Crippen LogP contribution in [0.1, 0.15) is 43.0 Å². The fraction of sp³-hybridized carbons (Fsp3) is 0.455. The van der Waals surface area contributed by atoms with Gasteiger partial charge in [-0.05, 0) is 43.9 Å². The smallest absolute Gasteiger partial charge is 0.277 e. The van der Waals surface area contributed by atoms with Crippen molar-refractivity contribution in [2.24, 2.45) is 0 Å². The first-order valence-corrected chi connectivity index (χ1v) is 11.7. The summed E-state index contributed by atoms with van der Waals surface area (Å²) in [5.41, 5.74) is 5.44. The quantitative estimate of drug-likeness (QED) is 0.391. The number of nitrogens with two attached hydrogens (primary N) is 1. The maximum Gasteiger partial charge on any atom is 0.277 e. The molecule has 1 aromatic carbocycles. The molecule has 11 heteroatoms. The van der Waals surface area contributed by atoms with Crippen molar-refractivity contribution in [2.75, 3.05) is 37.6 Å². The molecule has 0 saturated carbocycles. The Kier molecular flexibility index (Phi) is 8.21. The SMILES string of the molecule is CC[C@H]1CCCCN1C(=O)CSc1nc(N)c(NC(=O)c2ccc(OC)c(OC)c2)c(=O)[nH]1. The van der Waals surface area contributed by atoms with E-state index in [1.165, 1.54) is 26.4 Å². The summed E-state index contributed by atoms with van der Waals surface area (Å²) in [6.45, 7) is 2.84. The molecule has 2 aromatic rings. The molecular formula is C22H29N5O5S. The van der Waals surface area contributed by atoms with Crippen molar-refractivity contribution in [1.82, 2.24) is 14.9 Å². The molecule has 1 atom stereocenters. The van der Waals surface area contributed by atoms with Gasteiger partial charge in [0.1, 0.15) is 5.69 Å². The summed E-state index contributed by atoms with van der Waals surface area (Å²) in [6.07, 6.45) is 4.08. The zero-order chi connectivity index (χ0) is 24.0. The number of piperidine rings is 1. The summed E-state index contributed by atoms with van der Waals surface area (Å²) in [4.78, 5) is 46.5. The fourth-order valence-electron chi connectivity index (χ4n) is 3.79. The molecule has 1 aromatic heterocycles. The molecule has 0 spiro atoms. The molecule has 0 aliphatic carbocycles. The Labute approximate surface area is 196 Å². The van der Waals surface area contributed by atoms with Crippen LogP contribution in [-0.2, 0) is 4.79 Å². The molecule has 2 heterocycles. The van der Waals surface area contributed by atoms with Crippen LogP contribution in [0.4, 0.5) is 11.5 Å². The first-order valence-electron chi connectivity index (χ1n) is 10.7. The molecule has 0 radical (unpaired) electrons. The van der Waals surface area contributed by atoms with E-state index in [1.807, 2.05) is 4.90 Å². The highest BCUT2D eigenvalue weighted by molar-refractivity contribution is 7.99. The van der Waals surface area contributed by atoms with Crippen LogP contribution in [0, 0.1) is 0 Å². The number of carbonyl (C=O) groups is 2. The highest BCUT2D eigenvalue weighted by atomic mass is 32.2. The summed E-state index contributed by atoms with van der Waals surface area (Å²) >= 11 is 1.12. The molecule has 1 aliphatic heterocycles. The number of benzene rings is 1. The van der Waals surface area contributed by atoms with Crippen LogP contribution >= 0.6 is 11.8 Å². The number of nitrogens with one attached hydrogen (secondary N) is 2. The zero-order valence-electron chi connectivity index (χ0n) is 19.0. The van der Waals surface area contributed by atoms with Gasteiger partial charge >= 0.3 is 0 Å². The zero-order valence-corrected chi connectivity index (χ0v) is 19.8. The lowest BCUT2D eigenvalue weighted by Gasteiger charge is -2.35. The van der Waals surface area contributed by atoms with Crippen molar-refractivity contribution in [3.8, 4) is 11.5 Å². The number of amides is 2. The van der Waals surface area contributed by atoms with Gasteiger partial charge in [0.05, 0.1) is 20.0 Å². The van der Waals surface area contributed by atoms with E-state index in [4.69, 9.17) is 15.2 Å². The standard InChI is InChI=1S/C22H29N5O5S/c1-4-14-7-5-6-10-27(14)17(28)12-33-22-25-19(23)18(21(30)26-22)24-20(29)13-8-9-15(31-2)16(11-13)32-3/h8-9,11,14H,4-7,10,12H2,1-3H3,(H,24,29)(H3,23,25,26,30)/t14-/m0/s1. The van der Waals surface area contributed by atoms with E-state index in [0.717, 1.165) is 44.0 Å². The number of nitrogens with zero attached hydrogens (tertiary/aromatic N) is 2. The van der Waals surface area contributed by atoms with Crippen molar-refractivity contribution >= 4 is 35.1 Å². The number of likely N-dealkylation sites (tertiary alicyclic amines) is 1. The number of hydrogen-bond donors (Lipinski definition) is 3. The Hall–Kier alpha value is -3.21. The van der Waals surface area contributed by atoms with E-state index in [-0.39, 0.29) is 39.9 Å². The number of rotatable bonds is 8. The van der Waals surface area contributed by atoms with Gasteiger partial charge in [-0.2, -0.15) is 0 Å². The lowest BCUT2D eigenvalue weighted by atomic mass is 10.0. The van der Waals surface area contributed by atoms with Crippen molar-refractivity contribution in [3.05, 3.63) is 34.1 Å². The summed E-state index contributed by atoms with van der Waals surface area (Å²) in [5, 5.41) is 2.71. The Bertz CT molecular complexity index is 1070. The van der Waals surface area contributed by atoms with Gasteiger partial charge in [-0.15, -0.1) is 0 Å². The molecule has 3 rings (SSSR count). The monoisotopic (exact) mass is 475 g/mol. The number of aromatic nitrogens is 2. The number of hydrogen-bond acceptors (Lipinski definition) is 8. The molecule has 2 amide bonds. The van der Waals surface area contributed by atoms with E-state index in [9.17, 15) is 14.4 Å². The maximum atomic E-state index is 12.7. The lowest BCUT2D eigenvalue weighted by Crippen LogP contribution is -2.44. The Morgan fingerprint density at radius 3 is 2.70 bits per heavy atom. The molecule has 0 unspecified atom stereocenters. The van der Waals surface area contributed by atoms with Gasteiger partial charge in [0, 0.05) is 18.2 Å².